The smallest absolute Gasteiger partial charge is 0.335 e. The average molecular weight is 378 g/mol. The summed E-state index contributed by atoms with van der Waals surface area (Å²) in [5.41, 5.74) is 5.18. The van der Waals surface area contributed by atoms with E-state index in [2.05, 4.69) is 15.9 Å². The maximum absolute atomic E-state index is 11.1. The molecule has 0 radical (unpaired) electrons. The number of nitrogen functional groups attached to an aromatic ring is 1. The molecule has 0 aromatic heterocycles. The van der Waals surface area contributed by atoms with Crippen LogP contribution in [0.3, 0.4) is 0 Å². The number of nitro groups is 1. The molecule has 2 aromatic rings. The van der Waals surface area contributed by atoms with Gasteiger partial charge in [0.1, 0.15) is 11.4 Å². The van der Waals surface area contributed by atoms with Crippen molar-refractivity contribution in [3.05, 3.63) is 55.0 Å². The summed E-state index contributed by atoms with van der Waals surface area (Å²) in [6.45, 7) is 0. The predicted octanol–water partition coefficient (Wildman–Crippen LogP) is 5.04. The van der Waals surface area contributed by atoms with E-state index in [0.717, 1.165) is 0 Å². The third-order valence-electron chi connectivity index (χ3n) is 2.35. The summed E-state index contributed by atoms with van der Waals surface area (Å²) in [7, 11) is 0. The van der Waals surface area contributed by atoms with Crippen LogP contribution in [0.15, 0.2) is 34.8 Å². The number of hydrogen-bond acceptors (Lipinski definition) is 4. The molecule has 2 aromatic carbocycles. The topological polar surface area (TPSA) is 78.4 Å². The van der Waals surface area contributed by atoms with Gasteiger partial charge in [-0.05, 0) is 30.3 Å². The molecule has 104 valence electrons. The maximum atomic E-state index is 11.1. The zero-order valence-electron chi connectivity index (χ0n) is 9.77. The van der Waals surface area contributed by atoms with E-state index >= 15 is 0 Å². The molecular weight excluding hydrogens is 371 g/mol. The van der Waals surface area contributed by atoms with Crippen LogP contribution in [-0.2, 0) is 0 Å². The van der Waals surface area contributed by atoms with E-state index in [9.17, 15) is 10.1 Å². The Kier molecular flexibility index (Phi) is 4.37. The highest BCUT2D eigenvalue weighted by Crippen LogP contribution is 2.42. The molecule has 0 saturated heterocycles. The van der Waals surface area contributed by atoms with Gasteiger partial charge >= 0.3 is 5.69 Å². The quantitative estimate of drug-likeness (QED) is 0.461. The van der Waals surface area contributed by atoms with Crippen molar-refractivity contribution in [2.45, 2.75) is 0 Å². The van der Waals surface area contributed by atoms with Gasteiger partial charge in [0, 0.05) is 9.50 Å². The van der Waals surface area contributed by atoms with Crippen LogP contribution in [0, 0.1) is 10.1 Å². The molecule has 5 nitrogen and oxygen atoms in total. The Morgan fingerprint density at radius 2 is 1.95 bits per heavy atom. The Morgan fingerprint density at radius 3 is 2.55 bits per heavy atom. The lowest BCUT2D eigenvalue weighted by molar-refractivity contribution is -0.384. The highest BCUT2D eigenvalue weighted by Gasteiger charge is 2.23. The molecule has 0 atom stereocenters. The fraction of sp³-hybridized carbons (Fsp3) is 0. The number of benzene rings is 2. The van der Waals surface area contributed by atoms with Crippen molar-refractivity contribution in [1.82, 2.24) is 0 Å². The minimum Gasteiger partial charge on any atom is -0.448 e. The zero-order valence-corrected chi connectivity index (χ0v) is 12.9. The lowest BCUT2D eigenvalue weighted by Gasteiger charge is -2.10. The van der Waals surface area contributed by atoms with Gasteiger partial charge in [-0.3, -0.25) is 10.1 Å². The Bertz CT molecular complexity index is 674. The molecule has 0 aliphatic heterocycles. The number of rotatable bonds is 3. The summed E-state index contributed by atoms with van der Waals surface area (Å²) >= 11 is 15.1. The van der Waals surface area contributed by atoms with Gasteiger partial charge in [-0.15, -0.1) is 0 Å². The third-order valence-corrected chi connectivity index (χ3v) is 3.33. The van der Waals surface area contributed by atoms with Crippen molar-refractivity contribution in [3.63, 3.8) is 0 Å². The summed E-state index contributed by atoms with van der Waals surface area (Å²) in [6, 6.07) is 7.55. The van der Waals surface area contributed by atoms with Crippen molar-refractivity contribution in [3.8, 4) is 11.5 Å². The van der Waals surface area contributed by atoms with Crippen LogP contribution in [0.25, 0.3) is 0 Å². The van der Waals surface area contributed by atoms with Gasteiger partial charge in [-0.2, -0.15) is 0 Å². The molecule has 2 N–H and O–H groups in total. The number of hydrogen-bond donors (Lipinski definition) is 1. The largest absolute Gasteiger partial charge is 0.448 e. The fourth-order valence-electron chi connectivity index (χ4n) is 1.55. The number of nitrogens with zero attached hydrogens (tertiary/aromatic N) is 1. The summed E-state index contributed by atoms with van der Waals surface area (Å²) < 4.78 is 6.15. The minimum atomic E-state index is -0.643. The highest BCUT2D eigenvalue weighted by molar-refractivity contribution is 9.10. The summed E-state index contributed by atoms with van der Waals surface area (Å²) in [5.74, 6) is 0.186. The van der Waals surface area contributed by atoms with E-state index in [0.29, 0.717) is 15.2 Å². The van der Waals surface area contributed by atoms with Gasteiger partial charge in [-0.1, -0.05) is 39.1 Å². The number of anilines is 1. The molecule has 0 spiro atoms. The van der Waals surface area contributed by atoms with Gasteiger partial charge in [0.05, 0.1) is 9.95 Å². The standard InChI is InChI=1S/C12H7BrCl2N2O3/c13-6-3-7(14)5-8(4-6)20-12-9(15)1-2-10(16)11(12)17(18)19/h1-5H,16H2. The summed E-state index contributed by atoms with van der Waals surface area (Å²) in [4.78, 5) is 10.4. The zero-order chi connectivity index (χ0) is 14.9. The minimum absolute atomic E-state index is 0.0320. The van der Waals surface area contributed by atoms with Crippen LogP contribution < -0.4 is 10.5 Å². The van der Waals surface area contributed by atoms with E-state index in [1.165, 1.54) is 18.2 Å². The fourth-order valence-corrected chi connectivity index (χ4v) is 2.57. The number of nitrogens with two attached hydrogens (primary N) is 1. The normalized spacial score (nSPS) is 10.3. The first-order valence-electron chi connectivity index (χ1n) is 5.25. The van der Waals surface area contributed by atoms with Crippen LogP contribution in [0.5, 0.6) is 11.5 Å². The van der Waals surface area contributed by atoms with E-state index < -0.39 is 4.92 Å². The molecule has 20 heavy (non-hydrogen) atoms. The molecule has 0 heterocycles. The molecule has 0 amide bonds. The second-order valence-corrected chi connectivity index (χ2v) is 5.54. The Balaban J connectivity index is 2.53. The molecular formula is C12H7BrCl2N2O3. The highest BCUT2D eigenvalue weighted by atomic mass is 79.9. The Hall–Kier alpha value is -1.50. The lowest BCUT2D eigenvalue weighted by Crippen LogP contribution is -1.99. The molecule has 8 heteroatoms. The van der Waals surface area contributed by atoms with Gasteiger partial charge in [0.15, 0.2) is 0 Å². The molecule has 0 aliphatic rings. The first-order chi connectivity index (χ1) is 9.38. The van der Waals surface area contributed by atoms with Crippen LogP contribution >= 0.6 is 39.1 Å². The first kappa shape index (κ1) is 14.9. The summed E-state index contributed by atoms with van der Waals surface area (Å²) in [5, 5.41) is 11.6. The van der Waals surface area contributed by atoms with Gasteiger partial charge in [-0.25, -0.2) is 0 Å². The second kappa shape index (κ2) is 5.87. The van der Waals surface area contributed by atoms with E-state index in [-0.39, 0.29) is 22.1 Å². The van der Waals surface area contributed by atoms with Gasteiger partial charge in [0.25, 0.3) is 0 Å². The number of halogens is 3. The van der Waals surface area contributed by atoms with Gasteiger partial charge in [0.2, 0.25) is 5.75 Å². The number of ether oxygens (including phenoxy) is 1. The lowest BCUT2D eigenvalue weighted by atomic mass is 10.2. The van der Waals surface area contributed by atoms with Crippen molar-refractivity contribution < 1.29 is 9.66 Å². The molecule has 0 fully saturated rings. The van der Waals surface area contributed by atoms with Crippen LogP contribution in [-0.4, -0.2) is 4.92 Å². The number of nitro benzene ring substituents is 1. The van der Waals surface area contributed by atoms with E-state index in [1.54, 1.807) is 12.1 Å². The SMILES string of the molecule is Nc1ccc(Cl)c(Oc2cc(Cl)cc(Br)c2)c1[N+](=O)[O-]. The van der Waals surface area contributed by atoms with Crippen molar-refractivity contribution >= 4 is 50.5 Å². The predicted molar refractivity (Wildman–Crippen MR) is 81.7 cm³/mol. The first-order valence-corrected chi connectivity index (χ1v) is 6.79. The summed E-state index contributed by atoms with van der Waals surface area (Å²) in [6.07, 6.45) is 0. The van der Waals surface area contributed by atoms with E-state index in [4.69, 9.17) is 33.7 Å². The van der Waals surface area contributed by atoms with E-state index in [1.807, 2.05) is 0 Å². The Morgan fingerprint density at radius 1 is 1.25 bits per heavy atom. The van der Waals surface area contributed by atoms with Crippen LogP contribution in [0.2, 0.25) is 10.0 Å². The molecule has 0 saturated carbocycles. The van der Waals surface area contributed by atoms with Crippen molar-refractivity contribution in [2.24, 2.45) is 0 Å². The maximum Gasteiger partial charge on any atom is 0.335 e. The Labute approximate surface area is 132 Å². The molecule has 0 bridgehead atoms. The van der Waals surface area contributed by atoms with Gasteiger partial charge < -0.3 is 10.5 Å². The van der Waals surface area contributed by atoms with Crippen molar-refractivity contribution in [1.29, 1.82) is 0 Å². The van der Waals surface area contributed by atoms with Crippen LogP contribution in [0.1, 0.15) is 0 Å². The molecule has 0 aliphatic carbocycles. The molecule has 2 rings (SSSR count). The third kappa shape index (κ3) is 3.15. The van der Waals surface area contributed by atoms with Crippen LogP contribution in [0.4, 0.5) is 11.4 Å². The van der Waals surface area contributed by atoms with Crippen molar-refractivity contribution in [2.75, 3.05) is 5.73 Å². The molecule has 0 unspecified atom stereocenters. The monoisotopic (exact) mass is 376 g/mol. The average Bonchev–Trinajstić information content (AvgIpc) is 2.32. The second-order valence-electron chi connectivity index (χ2n) is 3.78.